The molecule has 0 amide bonds. The molecule has 4 nitrogen and oxygen atoms in total. The van der Waals surface area contributed by atoms with Crippen molar-refractivity contribution in [2.24, 2.45) is 5.73 Å². The van der Waals surface area contributed by atoms with Crippen molar-refractivity contribution >= 4 is 11.8 Å². The number of thioether (sulfide) groups is 1. The third-order valence-electron chi connectivity index (χ3n) is 2.75. The van der Waals surface area contributed by atoms with Crippen LogP contribution in [-0.2, 0) is 5.75 Å². The number of benzene rings is 1. The van der Waals surface area contributed by atoms with Gasteiger partial charge in [-0.2, -0.15) is 4.98 Å². The van der Waals surface area contributed by atoms with Gasteiger partial charge in [-0.05, 0) is 24.6 Å². The summed E-state index contributed by atoms with van der Waals surface area (Å²) in [5.41, 5.74) is 7.01. The van der Waals surface area contributed by atoms with Crippen molar-refractivity contribution in [1.82, 2.24) is 10.1 Å². The molecule has 0 saturated heterocycles. The Morgan fingerprint density at radius 2 is 2.11 bits per heavy atom. The molecule has 0 aliphatic heterocycles. The zero-order valence-electron chi connectivity index (χ0n) is 11.5. The quantitative estimate of drug-likeness (QED) is 0.847. The van der Waals surface area contributed by atoms with Crippen LogP contribution in [0.2, 0.25) is 0 Å². The van der Waals surface area contributed by atoms with Crippen LogP contribution in [-0.4, -0.2) is 10.1 Å². The number of nitrogens with two attached hydrogens (primary N) is 1. The van der Waals surface area contributed by atoms with Crippen LogP contribution < -0.4 is 5.73 Å². The van der Waals surface area contributed by atoms with Crippen molar-refractivity contribution in [3.8, 4) is 0 Å². The molecule has 0 spiro atoms. The average Bonchev–Trinajstić information content (AvgIpc) is 2.85. The van der Waals surface area contributed by atoms with E-state index >= 15 is 0 Å². The van der Waals surface area contributed by atoms with Crippen molar-refractivity contribution < 1.29 is 4.52 Å². The summed E-state index contributed by atoms with van der Waals surface area (Å²) >= 11 is 1.68. The van der Waals surface area contributed by atoms with Crippen LogP contribution in [0.5, 0.6) is 0 Å². The molecule has 2 N–H and O–H groups in total. The first kappa shape index (κ1) is 14.1. The smallest absolute Gasteiger partial charge is 0.237 e. The first-order valence-electron chi connectivity index (χ1n) is 6.37. The molecule has 2 rings (SSSR count). The molecule has 0 fully saturated rings. The lowest BCUT2D eigenvalue weighted by Gasteiger charge is -2.06. The molecule has 19 heavy (non-hydrogen) atoms. The maximum atomic E-state index is 5.88. The van der Waals surface area contributed by atoms with E-state index in [0.717, 1.165) is 11.4 Å². The molecule has 0 aliphatic carbocycles. The topological polar surface area (TPSA) is 64.9 Å². The Balaban J connectivity index is 1.99. The summed E-state index contributed by atoms with van der Waals surface area (Å²) < 4.78 is 5.22. The lowest BCUT2D eigenvalue weighted by Crippen LogP contribution is -2.04. The van der Waals surface area contributed by atoms with Crippen molar-refractivity contribution in [2.75, 3.05) is 0 Å². The second-order valence-electron chi connectivity index (χ2n) is 4.85. The van der Waals surface area contributed by atoms with Gasteiger partial charge >= 0.3 is 0 Å². The summed E-state index contributed by atoms with van der Waals surface area (Å²) in [5, 5.41) is 3.95. The Morgan fingerprint density at radius 3 is 2.74 bits per heavy atom. The summed E-state index contributed by atoms with van der Waals surface area (Å²) in [4.78, 5) is 5.52. The van der Waals surface area contributed by atoms with Gasteiger partial charge in [-0.15, -0.1) is 11.8 Å². The first-order valence-corrected chi connectivity index (χ1v) is 7.35. The average molecular weight is 277 g/mol. The van der Waals surface area contributed by atoms with Gasteiger partial charge < -0.3 is 10.3 Å². The van der Waals surface area contributed by atoms with E-state index in [1.54, 1.807) is 11.8 Å². The van der Waals surface area contributed by atoms with Crippen molar-refractivity contribution in [3.05, 3.63) is 41.5 Å². The maximum absolute atomic E-state index is 5.88. The van der Waals surface area contributed by atoms with Gasteiger partial charge in [0, 0.05) is 16.9 Å². The zero-order chi connectivity index (χ0) is 13.8. The van der Waals surface area contributed by atoms with E-state index in [1.807, 2.05) is 32.9 Å². The van der Waals surface area contributed by atoms with Crippen molar-refractivity contribution in [1.29, 1.82) is 0 Å². The van der Waals surface area contributed by atoms with E-state index < -0.39 is 0 Å². The fraction of sp³-hybridized carbons (Fsp3) is 0.429. The lowest BCUT2D eigenvalue weighted by atomic mass is 10.1. The van der Waals surface area contributed by atoms with Crippen LogP contribution in [0.15, 0.2) is 33.7 Å². The summed E-state index contributed by atoms with van der Waals surface area (Å²) in [5.74, 6) is 2.41. The number of nitrogens with zero attached hydrogens (tertiary/aromatic N) is 2. The molecule has 1 aromatic heterocycles. The predicted octanol–water partition coefficient (Wildman–Crippen LogP) is 3.51. The molecular formula is C14H19N3OS. The number of hydrogen-bond acceptors (Lipinski definition) is 5. The molecule has 102 valence electrons. The minimum Gasteiger partial charge on any atom is -0.338 e. The van der Waals surface area contributed by atoms with E-state index in [1.165, 1.54) is 4.90 Å². The van der Waals surface area contributed by atoms with Gasteiger partial charge in [0.2, 0.25) is 5.89 Å². The minimum atomic E-state index is 0.0523. The molecular weight excluding hydrogens is 258 g/mol. The fourth-order valence-corrected chi connectivity index (χ4v) is 2.40. The molecule has 0 bridgehead atoms. The molecule has 0 saturated carbocycles. The Morgan fingerprint density at radius 1 is 1.32 bits per heavy atom. The van der Waals surface area contributed by atoms with Gasteiger partial charge in [-0.3, -0.25) is 0 Å². The lowest BCUT2D eigenvalue weighted by molar-refractivity contribution is 0.383. The molecule has 1 atom stereocenters. The Labute approximate surface area is 117 Å². The highest BCUT2D eigenvalue weighted by Crippen LogP contribution is 2.25. The van der Waals surface area contributed by atoms with Gasteiger partial charge in [0.25, 0.3) is 0 Å². The SMILES string of the molecule is CC(C)c1noc(CSc2cccc(C(C)N)c2)n1. The highest BCUT2D eigenvalue weighted by Gasteiger charge is 2.10. The van der Waals surface area contributed by atoms with Crippen LogP contribution in [0.1, 0.15) is 50.0 Å². The number of aromatic nitrogens is 2. The summed E-state index contributed by atoms with van der Waals surface area (Å²) in [7, 11) is 0. The Hall–Kier alpha value is -1.33. The Kier molecular flexibility index (Phi) is 4.61. The molecule has 1 unspecified atom stereocenters. The van der Waals surface area contributed by atoms with Gasteiger partial charge in [0.1, 0.15) is 0 Å². The van der Waals surface area contributed by atoms with Gasteiger partial charge in [0.15, 0.2) is 5.82 Å². The van der Waals surface area contributed by atoms with E-state index in [0.29, 0.717) is 17.6 Å². The highest BCUT2D eigenvalue weighted by molar-refractivity contribution is 7.98. The van der Waals surface area contributed by atoms with Crippen molar-refractivity contribution in [3.63, 3.8) is 0 Å². The minimum absolute atomic E-state index is 0.0523. The highest BCUT2D eigenvalue weighted by atomic mass is 32.2. The first-order chi connectivity index (χ1) is 9.06. The molecule has 2 aromatic rings. The van der Waals surface area contributed by atoms with Crippen molar-refractivity contribution in [2.45, 2.75) is 43.4 Å². The Bertz CT molecular complexity index is 537. The maximum Gasteiger partial charge on any atom is 0.237 e. The van der Waals surface area contributed by atoms with Crippen LogP contribution in [0.25, 0.3) is 0 Å². The number of hydrogen-bond donors (Lipinski definition) is 1. The molecule has 1 aromatic carbocycles. The van der Waals surface area contributed by atoms with E-state index in [2.05, 4.69) is 22.3 Å². The van der Waals surface area contributed by atoms with Gasteiger partial charge in [-0.1, -0.05) is 31.1 Å². The summed E-state index contributed by atoms with van der Waals surface area (Å²) in [6.07, 6.45) is 0. The zero-order valence-corrected chi connectivity index (χ0v) is 12.3. The van der Waals surface area contributed by atoms with E-state index in [4.69, 9.17) is 10.3 Å². The van der Waals surface area contributed by atoms with E-state index in [-0.39, 0.29) is 6.04 Å². The molecule has 5 heteroatoms. The van der Waals surface area contributed by atoms with Crippen LogP contribution >= 0.6 is 11.8 Å². The summed E-state index contributed by atoms with van der Waals surface area (Å²) in [6.45, 7) is 6.08. The third kappa shape index (κ3) is 3.81. The molecule has 1 heterocycles. The van der Waals surface area contributed by atoms with Crippen LogP contribution in [0.4, 0.5) is 0 Å². The predicted molar refractivity (Wildman–Crippen MR) is 77.0 cm³/mol. The summed E-state index contributed by atoms with van der Waals surface area (Å²) in [6, 6.07) is 8.29. The van der Waals surface area contributed by atoms with Crippen LogP contribution in [0.3, 0.4) is 0 Å². The number of rotatable bonds is 5. The second kappa shape index (κ2) is 6.21. The largest absolute Gasteiger partial charge is 0.338 e. The molecule has 0 radical (unpaired) electrons. The van der Waals surface area contributed by atoms with Gasteiger partial charge in [-0.25, -0.2) is 0 Å². The fourth-order valence-electron chi connectivity index (χ4n) is 1.59. The normalized spacial score (nSPS) is 12.9. The molecule has 0 aliphatic rings. The van der Waals surface area contributed by atoms with Gasteiger partial charge in [0.05, 0.1) is 5.75 Å². The van der Waals surface area contributed by atoms with Crippen LogP contribution in [0, 0.1) is 0 Å². The second-order valence-corrected chi connectivity index (χ2v) is 5.90. The van der Waals surface area contributed by atoms with E-state index in [9.17, 15) is 0 Å². The monoisotopic (exact) mass is 277 g/mol. The third-order valence-corrected chi connectivity index (χ3v) is 3.72. The standard InChI is InChI=1S/C14H19N3OS/c1-9(2)14-16-13(18-17-14)8-19-12-6-4-5-11(7-12)10(3)15/h4-7,9-10H,8,15H2,1-3H3.